The highest BCUT2D eigenvalue weighted by molar-refractivity contribution is 6.31. The minimum Gasteiger partial charge on any atom is -0.366 e. The number of nitrogens with one attached hydrogen (secondary N) is 1. The Kier molecular flexibility index (Phi) is 6.16. The van der Waals surface area contributed by atoms with Crippen molar-refractivity contribution in [3.05, 3.63) is 105 Å². The Hall–Kier alpha value is -4.08. The summed E-state index contributed by atoms with van der Waals surface area (Å²) in [5.74, 6) is 1.85. The Labute approximate surface area is 196 Å². The standard InChI is InChI=1S/C26H21ClN4O2/c1-3-7-20(22-14-16(2)10-12-19(22)24(28)32)25-29-23-15-17(27)11-13-21(23)26(33)31(25)30-18-8-5-4-6-9-18/h1,4-6,8-15,20,30H,7H2,2H3,(H2,28,32)/t20-/m1/s1. The molecular weight excluding hydrogens is 436 g/mol. The van der Waals surface area contributed by atoms with Gasteiger partial charge in [0.2, 0.25) is 5.91 Å². The number of para-hydroxylation sites is 1. The smallest absolute Gasteiger partial charge is 0.280 e. The van der Waals surface area contributed by atoms with Crippen LogP contribution in [0.25, 0.3) is 10.9 Å². The van der Waals surface area contributed by atoms with Crippen molar-refractivity contribution in [3.8, 4) is 12.3 Å². The zero-order chi connectivity index (χ0) is 23.5. The largest absolute Gasteiger partial charge is 0.366 e. The van der Waals surface area contributed by atoms with Crippen molar-refractivity contribution in [3.63, 3.8) is 0 Å². The summed E-state index contributed by atoms with van der Waals surface area (Å²) in [6, 6.07) is 19.5. The van der Waals surface area contributed by atoms with E-state index in [1.165, 1.54) is 4.68 Å². The van der Waals surface area contributed by atoms with E-state index in [-0.39, 0.29) is 12.0 Å². The number of halogens is 1. The Morgan fingerprint density at radius 1 is 1.18 bits per heavy atom. The van der Waals surface area contributed by atoms with Gasteiger partial charge in [-0.15, -0.1) is 12.3 Å². The van der Waals surface area contributed by atoms with Crippen LogP contribution in [0.2, 0.25) is 5.02 Å². The molecule has 3 aromatic carbocycles. The van der Waals surface area contributed by atoms with Gasteiger partial charge in [0.25, 0.3) is 5.56 Å². The summed E-state index contributed by atoms with van der Waals surface area (Å²) in [7, 11) is 0. The third kappa shape index (κ3) is 4.45. The molecule has 0 bridgehead atoms. The number of benzene rings is 3. The molecule has 0 radical (unpaired) electrons. The van der Waals surface area contributed by atoms with Gasteiger partial charge in [-0.25, -0.2) is 9.66 Å². The molecule has 3 N–H and O–H groups in total. The third-order valence-corrected chi connectivity index (χ3v) is 5.59. The summed E-state index contributed by atoms with van der Waals surface area (Å²) < 4.78 is 1.38. The topological polar surface area (TPSA) is 90.0 Å². The van der Waals surface area contributed by atoms with Gasteiger partial charge < -0.3 is 5.73 Å². The summed E-state index contributed by atoms with van der Waals surface area (Å²) in [6.45, 7) is 1.91. The maximum absolute atomic E-state index is 13.6. The molecule has 1 atom stereocenters. The van der Waals surface area contributed by atoms with Crippen LogP contribution in [0, 0.1) is 19.3 Å². The number of carbonyl (C=O) groups is 1. The first-order valence-corrected chi connectivity index (χ1v) is 10.6. The Morgan fingerprint density at radius 3 is 2.64 bits per heavy atom. The number of primary amides is 1. The van der Waals surface area contributed by atoms with E-state index >= 15 is 0 Å². The second-order valence-corrected chi connectivity index (χ2v) is 8.10. The summed E-state index contributed by atoms with van der Waals surface area (Å²) in [6.07, 6.45) is 5.92. The SMILES string of the molecule is C#CC[C@H](c1cc(C)ccc1C(N)=O)c1nc2cc(Cl)ccc2c(=O)n1Nc1ccccc1. The summed E-state index contributed by atoms with van der Waals surface area (Å²) in [4.78, 5) is 30.6. The number of hydrogen-bond donors (Lipinski definition) is 2. The molecule has 0 fully saturated rings. The molecule has 164 valence electrons. The lowest BCUT2D eigenvalue weighted by Crippen LogP contribution is -2.33. The lowest BCUT2D eigenvalue weighted by molar-refractivity contribution is 0.0999. The molecule has 0 unspecified atom stereocenters. The van der Waals surface area contributed by atoms with Crippen LogP contribution in [0.4, 0.5) is 5.69 Å². The average molecular weight is 457 g/mol. The van der Waals surface area contributed by atoms with Gasteiger partial charge in [0, 0.05) is 17.0 Å². The van der Waals surface area contributed by atoms with Crippen LogP contribution < -0.4 is 16.7 Å². The van der Waals surface area contributed by atoms with Gasteiger partial charge in [-0.2, -0.15) is 0 Å². The van der Waals surface area contributed by atoms with Crippen LogP contribution in [0.3, 0.4) is 0 Å². The summed E-state index contributed by atoms with van der Waals surface area (Å²) in [5, 5.41) is 0.849. The molecule has 6 nitrogen and oxygen atoms in total. The van der Waals surface area contributed by atoms with Gasteiger partial charge in [0.1, 0.15) is 5.82 Å². The third-order valence-electron chi connectivity index (χ3n) is 5.35. The number of carbonyl (C=O) groups excluding carboxylic acids is 1. The van der Waals surface area contributed by atoms with Crippen molar-refractivity contribution in [1.29, 1.82) is 0 Å². The maximum Gasteiger partial charge on any atom is 0.280 e. The number of nitrogens with zero attached hydrogens (tertiary/aromatic N) is 2. The monoisotopic (exact) mass is 456 g/mol. The van der Waals surface area contributed by atoms with Gasteiger partial charge in [-0.1, -0.05) is 47.5 Å². The van der Waals surface area contributed by atoms with Gasteiger partial charge in [0.05, 0.1) is 22.5 Å². The second kappa shape index (κ2) is 9.19. The van der Waals surface area contributed by atoms with E-state index in [0.717, 1.165) is 5.56 Å². The molecule has 0 saturated carbocycles. The number of amides is 1. The van der Waals surface area contributed by atoms with E-state index in [4.69, 9.17) is 28.7 Å². The molecule has 0 aliphatic rings. The van der Waals surface area contributed by atoms with Gasteiger partial charge in [-0.05, 0) is 48.9 Å². The van der Waals surface area contributed by atoms with Crippen LogP contribution in [0.1, 0.15) is 39.6 Å². The normalized spacial score (nSPS) is 11.7. The molecule has 1 heterocycles. The Morgan fingerprint density at radius 2 is 1.94 bits per heavy atom. The van der Waals surface area contributed by atoms with E-state index in [9.17, 15) is 9.59 Å². The second-order valence-electron chi connectivity index (χ2n) is 7.67. The molecule has 0 saturated heterocycles. The fourth-order valence-corrected chi connectivity index (χ4v) is 3.98. The van der Waals surface area contributed by atoms with E-state index < -0.39 is 11.8 Å². The number of nitrogens with two attached hydrogens (primary N) is 1. The molecule has 1 amide bonds. The van der Waals surface area contributed by atoms with Gasteiger partial charge in [-0.3, -0.25) is 15.0 Å². The number of hydrogen-bond acceptors (Lipinski definition) is 4. The average Bonchev–Trinajstić information content (AvgIpc) is 2.79. The highest BCUT2D eigenvalue weighted by Crippen LogP contribution is 2.31. The van der Waals surface area contributed by atoms with Crippen molar-refractivity contribution in [2.24, 2.45) is 5.73 Å². The first-order valence-electron chi connectivity index (χ1n) is 10.3. The zero-order valence-electron chi connectivity index (χ0n) is 17.9. The minimum atomic E-state index is -0.583. The maximum atomic E-state index is 13.6. The van der Waals surface area contributed by atoms with E-state index in [1.807, 2.05) is 43.3 Å². The van der Waals surface area contributed by atoms with Crippen LogP contribution in [0.15, 0.2) is 71.5 Å². The predicted octanol–water partition coefficient (Wildman–Crippen LogP) is 4.49. The van der Waals surface area contributed by atoms with Crippen molar-refractivity contribution >= 4 is 34.1 Å². The lowest BCUT2D eigenvalue weighted by Gasteiger charge is -2.23. The van der Waals surface area contributed by atoms with Crippen molar-refractivity contribution in [2.75, 3.05) is 5.43 Å². The quantitative estimate of drug-likeness (QED) is 0.418. The molecular formula is C26H21ClN4O2. The fraction of sp³-hybridized carbons (Fsp3) is 0.115. The number of fused-ring (bicyclic) bond motifs is 1. The molecule has 1 aromatic heterocycles. The molecule has 4 rings (SSSR count). The van der Waals surface area contributed by atoms with E-state index in [1.54, 1.807) is 30.3 Å². The Balaban J connectivity index is 2.04. The van der Waals surface area contributed by atoms with Crippen molar-refractivity contribution in [2.45, 2.75) is 19.3 Å². The zero-order valence-corrected chi connectivity index (χ0v) is 18.6. The number of anilines is 1. The molecule has 0 aliphatic carbocycles. The van der Waals surface area contributed by atoms with Gasteiger partial charge in [0.15, 0.2) is 0 Å². The molecule has 0 aliphatic heterocycles. The molecule has 0 spiro atoms. The van der Waals surface area contributed by atoms with Gasteiger partial charge >= 0.3 is 0 Å². The van der Waals surface area contributed by atoms with Crippen molar-refractivity contribution in [1.82, 2.24) is 9.66 Å². The molecule has 33 heavy (non-hydrogen) atoms. The molecule has 7 heteroatoms. The van der Waals surface area contributed by atoms with Crippen LogP contribution in [-0.2, 0) is 0 Å². The fourth-order valence-electron chi connectivity index (χ4n) is 3.81. The highest BCUT2D eigenvalue weighted by Gasteiger charge is 2.26. The number of terminal acetylenes is 1. The van der Waals surface area contributed by atoms with Crippen LogP contribution >= 0.6 is 11.6 Å². The number of rotatable bonds is 6. The highest BCUT2D eigenvalue weighted by atomic mass is 35.5. The molecule has 4 aromatic rings. The summed E-state index contributed by atoms with van der Waals surface area (Å²) >= 11 is 6.18. The minimum absolute atomic E-state index is 0.193. The number of aryl methyl sites for hydroxylation is 1. The predicted molar refractivity (Wildman–Crippen MR) is 131 cm³/mol. The first-order chi connectivity index (χ1) is 15.9. The first kappa shape index (κ1) is 22.1. The van der Waals surface area contributed by atoms with Crippen molar-refractivity contribution < 1.29 is 4.79 Å². The van der Waals surface area contributed by atoms with Crippen LogP contribution in [-0.4, -0.2) is 15.6 Å². The van der Waals surface area contributed by atoms with E-state index in [2.05, 4.69) is 11.3 Å². The lowest BCUT2D eigenvalue weighted by atomic mass is 9.89. The van der Waals surface area contributed by atoms with Crippen LogP contribution in [0.5, 0.6) is 0 Å². The van der Waals surface area contributed by atoms with E-state index in [0.29, 0.717) is 38.6 Å². The Bertz CT molecular complexity index is 1460. The summed E-state index contributed by atoms with van der Waals surface area (Å²) in [5.41, 5.74) is 11.5. The number of aromatic nitrogens is 2.